The first-order valence-corrected chi connectivity index (χ1v) is 6.41. The van der Waals surface area contributed by atoms with Crippen LogP contribution in [0.25, 0.3) is 5.57 Å². The Balaban J connectivity index is 2.56. The first-order valence-electron chi connectivity index (χ1n) is 5.62. The number of rotatable bonds is 3. The summed E-state index contributed by atoms with van der Waals surface area (Å²) in [6.45, 7) is 3.70. The molecule has 0 aliphatic carbocycles. The Hall–Kier alpha value is -1.75. The minimum atomic E-state index is -1.36. The highest BCUT2D eigenvalue weighted by molar-refractivity contribution is 9.10. The van der Waals surface area contributed by atoms with Crippen LogP contribution in [0.5, 0.6) is 5.75 Å². The van der Waals surface area contributed by atoms with Crippen LogP contribution in [-0.2, 0) is 0 Å². The lowest BCUT2D eigenvalue weighted by Crippen LogP contribution is -2.01. The fourth-order valence-electron chi connectivity index (χ4n) is 1.82. The van der Waals surface area contributed by atoms with Gasteiger partial charge in [0.1, 0.15) is 0 Å². The van der Waals surface area contributed by atoms with E-state index in [0.717, 1.165) is 17.6 Å². The van der Waals surface area contributed by atoms with Crippen molar-refractivity contribution in [1.29, 1.82) is 0 Å². The van der Waals surface area contributed by atoms with Crippen molar-refractivity contribution in [2.24, 2.45) is 0 Å². The molecule has 0 saturated heterocycles. The zero-order chi connectivity index (χ0) is 14.9. The molecule has 2 rings (SSSR count). The molecule has 0 saturated carbocycles. The summed E-state index contributed by atoms with van der Waals surface area (Å²) in [5.41, 5.74) is 0.505. The lowest BCUT2D eigenvalue weighted by molar-refractivity contribution is 0.346. The van der Waals surface area contributed by atoms with Crippen molar-refractivity contribution in [2.75, 3.05) is 7.11 Å². The van der Waals surface area contributed by atoms with Crippen molar-refractivity contribution in [3.05, 3.63) is 70.0 Å². The number of hydrogen-bond donors (Lipinski definition) is 0. The SMILES string of the molecule is C=C(c1cccc(Br)c1)c1cc(F)c(OC)c(F)c1F. The van der Waals surface area contributed by atoms with Gasteiger partial charge in [0.15, 0.2) is 17.4 Å². The van der Waals surface area contributed by atoms with E-state index >= 15 is 0 Å². The first kappa shape index (κ1) is 14.7. The third-order valence-corrected chi connectivity index (χ3v) is 3.31. The third-order valence-electron chi connectivity index (χ3n) is 2.82. The maximum atomic E-state index is 14.0. The van der Waals surface area contributed by atoms with E-state index in [2.05, 4.69) is 27.2 Å². The minimum absolute atomic E-state index is 0.184. The van der Waals surface area contributed by atoms with Crippen LogP contribution in [0.3, 0.4) is 0 Å². The molecule has 0 aliphatic rings. The predicted octanol–water partition coefficient (Wildman–Crippen LogP) is 4.94. The van der Waals surface area contributed by atoms with E-state index in [9.17, 15) is 13.2 Å². The zero-order valence-electron chi connectivity index (χ0n) is 10.5. The highest BCUT2D eigenvalue weighted by Gasteiger charge is 2.21. The van der Waals surface area contributed by atoms with Crippen LogP contribution in [0.4, 0.5) is 13.2 Å². The second-order valence-corrected chi connectivity index (χ2v) is 4.97. The lowest BCUT2D eigenvalue weighted by atomic mass is 9.98. The molecular weight excluding hydrogens is 333 g/mol. The van der Waals surface area contributed by atoms with Gasteiger partial charge in [-0.1, -0.05) is 34.6 Å². The number of hydrogen-bond acceptors (Lipinski definition) is 1. The normalized spacial score (nSPS) is 10.4. The molecule has 0 fully saturated rings. The van der Waals surface area contributed by atoms with Gasteiger partial charge in [0.2, 0.25) is 5.82 Å². The van der Waals surface area contributed by atoms with Crippen LogP contribution in [0.2, 0.25) is 0 Å². The molecule has 1 nitrogen and oxygen atoms in total. The zero-order valence-corrected chi connectivity index (χ0v) is 12.1. The van der Waals surface area contributed by atoms with Gasteiger partial charge >= 0.3 is 0 Å². The number of halogens is 4. The first-order chi connectivity index (χ1) is 9.45. The van der Waals surface area contributed by atoms with Crippen molar-refractivity contribution in [3.63, 3.8) is 0 Å². The van der Waals surface area contributed by atoms with Gasteiger partial charge in [0.25, 0.3) is 0 Å². The van der Waals surface area contributed by atoms with Gasteiger partial charge in [0.05, 0.1) is 7.11 Å². The summed E-state index contributed by atoms with van der Waals surface area (Å²) < 4.78 is 46.6. The fraction of sp³-hybridized carbons (Fsp3) is 0.0667. The Morgan fingerprint density at radius 3 is 2.45 bits per heavy atom. The lowest BCUT2D eigenvalue weighted by Gasteiger charge is -2.11. The molecule has 0 radical (unpaired) electrons. The van der Waals surface area contributed by atoms with Crippen molar-refractivity contribution in [3.8, 4) is 5.75 Å². The molecule has 0 amide bonds. The van der Waals surface area contributed by atoms with Gasteiger partial charge in [-0.15, -0.1) is 0 Å². The monoisotopic (exact) mass is 342 g/mol. The minimum Gasteiger partial charge on any atom is -0.491 e. The fourth-order valence-corrected chi connectivity index (χ4v) is 2.22. The summed E-state index contributed by atoms with van der Waals surface area (Å²) in [6.07, 6.45) is 0. The van der Waals surface area contributed by atoms with E-state index in [1.165, 1.54) is 0 Å². The Labute approximate surface area is 122 Å². The summed E-state index contributed by atoms with van der Waals surface area (Å²) in [5, 5.41) is 0. The van der Waals surface area contributed by atoms with Crippen LogP contribution in [0.1, 0.15) is 11.1 Å². The molecule has 20 heavy (non-hydrogen) atoms. The number of methoxy groups -OCH3 is 1. The van der Waals surface area contributed by atoms with Gasteiger partial charge < -0.3 is 4.74 Å². The van der Waals surface area contributed by atoms with E-state index < -0.39 is 23.2 Å². The summed E-state index contributed by atoms with van der Waals surface area (Å²) >= 11 is 3.27. The summed E-state index contributed by atoms with van der Waals surface area (Å²) in [6, 6.07) is 7.73. The Bertz CT molecular complexity index is 683. The van der Waals surface area contributed by atoms with Crippen molar-refractivity contribution >= 4 is 21.5 Å². The highest BCUT2D eigenvalue weighted by Crippen LogP contribution is 2.32. The maximum absolute atomic E-state index is 14.0. The largest absolute Gasteiger partial charge is 0.491 e. The van der Waals surface area contributed by atoms with E-state index in [-0.39, 0.29) is 11.1 Å². The smallest absolute Gasteiger partial charge is 0.204 e. The van der Waals surface area contributed by atoms with Gasteiger partial charge in [-0.05, 0) is 29.3 Å². The Morgan fingerprint density at radius 1 is 1.15 bits per heavy atom. The summed E-state index contributed by atoms with van der Waals surface area (Å²) in [4.78, 5) is 0. The van der Waals surface area contributed by atoms with E-state index in [0.29, 0.717) is 5.56 Å². The maximum Gasteiger partial charge on any atom is 0.204 e. The molecule has 0 unspecified atom stereocenters. The van der Waals surface area contributed by atoms with Crippen molar-refractivity contribution in [1.82, 2.24) is 0 Å². The molecule has 0 atom stereocenters. The quantitative estimate of drug-likeness (QED) is 0.718. The van der Waals surface area contributed by atoms with Crippen LogP contribution in [-0.4, -0.2) is 7.11 Å². The van der Waals surface area contributed by atoms with Crippen molar-refractivity contribution < 1.29 is 17.9 Å². The van der Waals surface area contributed by atoms with Gasteiger partial charge in [-0.25, -0.2) is 8.78 Å². The molecule has 2 aromatic carbocycles. The molecule has 104 valence electrons. The van der Waals surface area contributed by atoms with Crippen LogP contribution in [0, 0.1) is 17.5 Å². The Kier molecular flexibility index (Phi) is 4.18. The van der Waals surface area contributed by atoms with Gasteiger partial charge in [-0.2, -0.15) is 4.39 Å². The van der Waals surface area contributed by atoms with Gasteiger partial charge in [-0.3, -0.25) is 0 Å². The number of benzene rings is 2. The van der Waals surface area contributed by atoms with Crippen molar-refractivity contribution in [2.45, 2.75) is 0 Å². The second kappa shape index (κ2) is 5.71. The second-order valence-electron chi connectivity index (χ2n) is 4.06. The molecule has 2 aromatic rings. The van der Waals surface area contributed by atoms with Gasteiger partial charge in [0, 0.05) is 10.0 Å². The molecular formula is C15H10BrF3O. The highest BCUT2D eigenvalue weighted by atomic mass is 79.9. The van der Waals surface area contributed by atoms with E-state index in [1.54, 1.807) is 24.3 Å². The number of ether oxygens (including phenoxy) is 1. The molecule has 0 heterocycles. The van der Waals surface area contributed by atoms with E-state index in [1.807, 2.05) is 0 Å². The molecule has 5 heteroatoms. The summed E-state index contributed by atoms with van der Waals surface area (Å²) in [5.74, 6) is -4.27. The predicted molar refractivity (Wildman–Crippen MR) is 75.1 cm³/mol. The molecule has 0 bridgehead atoms. The standard InChI is InChI=1S/C15H10BrF3O/c1-8(9-4-3-5-10(16)6-9)11-7-12(17)15(20-2)14(19)13(11)18/h3-7H,1H2,2H3. The average Bonchev–Trinajstić information content (AvgIpc) is 2.42. The van der Waals surface area contributed by atoms with Crippen LogP contribution >= 0.6 is 15.9 Å². The molecule has 0 aromatic heterocycles. The molecule has 0 aliphatic heterocycles. The summed E-state index contributed by atoms with van der Waals surface area (Å²) in [7, 11) is 1.07. The van der Waals surface area contributed by atoms with Crippen LogP contribution < -0.4 is 4.74 Å². The Morgan fingerprint density at radius 2 is 1.85 bits per heavy atom. The van der Waals surface area contributed by atoms with E-state index in [4.69, 9.17) is 0 Å². The third kappa shape index (κ3) is 2.58. The average molecular weight is 343 g/mol. The topological polar surface area (TPSA) is 9.23 Å². The molecule has 0 N–H and O–H groups in total. The van der Waals surface area contributed by atoms with Crippen LogP contribution in [0.15, 0.2) is 41.4 Å². The molecule has 0 spiro atoms.